The summed E-state index contributed by atoms with van der Waals surface area (Å²) < 4.78 is 0.957. The van der Waals surface area contributed by atoms with Crippen LogP contribution in [0.3, 0.4) is 0 Å². The summed E-state index contributed by atoms with van der Waals surface area (Å²) in [6, 6.07) is 11.7. The van der Waals surface area contributed by atoms with Crippen molar-refractivity contribution in [3.8, 4) is 0 Å². The zero-order valence-corrected chi connectivity index (χ0v) is 12.7. The van der Waals surface area contributed by atoms with Crippen LogP contribution in [0, 0.1) is 0 Å². The Labute approximate surface area is 126 Å². The van der Waals surface area contributed by atoms with Gasteiger partial charge in [0.25, 0.3) is 0 Å². The quantitative estimate of drug-likeness (QED) is 0.824. The first-order chi connectivity index (χ1) is 9.16. The van der Waals surface area contributed by atoms with E-state index >= 15 is 0 Å². The molecule has 1 heterocycles. The maximum atomic E-state index is 5.59. The molecule has 0 aliphatic carbocycles. The van der Waals surface area contributed by atoms with E-state index in [1.165, 1.54) is 0 Å². The van der Waals surface area contributed by atoms with Gasteiger partial charge in [0.1, 0.15) is 4.99 Å². The van der Waals surface area contributed by atoms with Gasteiger partial charge in [0.05, 0.1) is 0 Å². The maximum absolute atomic E-state index is 5.59. The number of nitrogens with two attached hydrogens (primary N) is 1. The summed E-state index contributed by atoms with van der Waals surface area (Å²) in [5.74, 6) is 0. The van der Waals surface area contributed by atoms with Crippen molar-refractivity contribution in [2.45, 2.75) is 6.42 Å². The molecule has 1 aromatic heterocycles. The van der Waals surface area contributed by atoms with Crippen LogP contribution in [0.2, 0.25) is 0 Å². The summed E-state index contributed by atoms with van der Waals surface area (Å²) >= 11 is 8.45. The summed E-state index contributed by atoms with van der Waals surface area (Å²) in [4.78, 5) is 4.69. The maximum Gasteiger partial charge on any atom is 0.104 e. The van der Waals surface area contributed by atoms with E-state index in [1.807, 2.05) is 42.6 Å². The van der Waals surface area contributed by atoms with E-state index in [2.05, 4.69) is 26.2 Å². The largest absolute Gasteiger partial charge is 0.389 e. The zero-order chi connectivity index (χ0) is 13.7. The number of rotatable bonds is 5. The highest BCUT2D eigenvalue weighted by Gasteiger charge is 2.03. The Morgan fingerprint density at radius 1 is 1.32 bits per heavy atom. The van der Waals surface area contributed by atoms with Crippen molar-refractivity contribution in [3.63, 3.8) is 0 Å². The van der Waals surface area contributed by atoms with Crippen LogP contribution in [-0.2, 0) is 6.42 Å². The molecular formula is C14H14BrN3S. The molecule has 5 heteroatoms. The third kappa shape index (κ3) is 4.01. The molecule has 2 aromatic rings. The fourth-order valence-corrected chi connectivity index (χ4v) is 2.33. The monoisotopic (exact) mass is 335 g/mol. The molecule has 19 heavy (non-hydrogen) atoms. The predicted octanol–water partition coefficient (Wildman–Crippen LogP) is 3.13. The third-order valence-electron chi connectivity index (χ3n) is 2.68. The summed E-state index contributed by atoms with van der Waals surface area (Å²) in [5.41, 5.74) is 8.55. The molecule has 0 fully saturated rings. The number of nitrogens with one attached hydrogen (secondary N) is 1. The number of benzene rings is 1. The van der Waals surface area contributed by atoms with Crippen LogP contribution in [0.4, 0.5) is 5.69 Å². The summed E-state index contributed by atoms with van der Waals surface area (Å²) in [6.07, 6.45) is 2.69. The molecule has 0 amide bonds. The first-order valence-electron chi connectivity index (χ1n) is 5.90. The van der Waals surface area contributed by atoms with Crippen molar-refractivity contribution in [2.24, 2.45) is 5.73 Å². The van der Waals surface area contributed by atoms with Gasteiger partial charge in [-0.3, -0.25) is 4.98 Å². The van der Waals surface area contributed by atoms with E-state index in [9.17, 15) is 0 Å². The lowest BCUT2D eigenvalue weighted by Gasteiger charge is -2.09. The van der Waals surface area contributed by atoms with Crippen LogP contribution in [0.15, 0.2) is 47.1 Å². The van der Waals surface area contributed by atoms with Crippen molar-refractivity contribution in [1.82, 2.24) is 4.98 Å². The van der Waals surface area contributed by atoms with E-state index in [1.54, 1.807) is 0 Å². The highest BCUT2D eigenvalue weighted by atomic mass is 79.9. The number of pyridine rings is 1. The Balaban J connectivity index is 1.95. The van der Waals surface area contributed by atoms with Gasteiger partial charge in [-0.1, -0.05) is 18.3 Å². The molecule has 0 aliphatic heterocycles. The van der Waals surface area contributed by atoms with Gasteiger partial charge in [-0.05, 0) is 46.3 Å². The number of hydrogen-bond acceptors (Lipinski definition) is 3. The van der Waals surface area contributed by atoms with E-state index in [-0.39, 0.29) is 0 Å². The molecule has 3 nitrogen and oxygen atoms in total. The highest BCUT2D eigenvalue weighted by molar-refractivity contribution is 9.10. The SMILES string of the molecule is NC(=S)c1ccc(NCCc2ccccn2)c(Br)c1. The van der Waals surface area contributed by atoms with Gasteiger partial charge >= 0.3 is 0 Å². The van der Waals surface area contributed by atoms with Gasteiger partial charge in [0, 0.05) is 40.6 Å². The molecule has 0 aliphatic rings. The molecule has 0 atom stereocenters. The van der Waals surface area contributed by atoms with Crippen LogP contribution in [-0.4, -0.2) is 16.5 Å². The molecular weight excluding hydrogens is 322 g/mol. The Kier molecular flexibility index (Phi) is 4.87. The number of aromatic nitrogens is 1. The Morgan fingerprint density at radius 2 is 2.16 bits per heavy atom. The minimum atomic E-state index is 0.403. The highest BCUT2D eigenvalue weighted by Crippen LogP contribution is 2.23. The molecule has 0 saturated carbocycles. The lowest BCUT2D eigenvalue weighted by Crippen LogP contribution is -2.10. The lowest BCUT2D eigenvalue weighted by molar-refractivity contribution is 0.961. The van der Waals surface area contributed by atoms with Crippen LogP contribution in [0.25, 0.3) is 0 Å². The normalized spacial score (nSPS) is 10.2. The molecule has 2 rings (SSSR count). The summed E-state index contributed by atoms with van der Waals surface area (Å²) in [5, 5.41) is 3.36. The van der Waals surface area contributed by atoms with Crippen LogP contribution < -0.4 is 11.1 Å². The molecule has 3 N–H and O–H groups in total. The fraction of sp³-hybridized carbons (Fsp3) is 0.143. The second-order valence-corrected chi connectivity index (χ2v) is 5.35. The van der Waals surface area contributed by atoms with Gasteiger partial charge in [-0.2, -0.15) is 0 Å². The first-order valence-corrected chi connectivity index (χ1v) is 7.10. The summed E-state index contributed by atoms with van der Waals surface area (Å²) in [6.45, 7) is 0.821. The second kappa shape index (κ2) is 6.63. The number of halogens is 1. The van der Waals surface area contributed by atoms with Crippen molar-refractivity contribution < 1.29 is 0 Å². The average molecular weight is 336 g/mol. The van der Waals surface area contributed by atoms with Gasteiger partial charge in [-0.25, -0.2) is 0 Å². The average Bonchev–Trinajstić information content (AvgIpc) is 2.41. The second-order valence-electron chi connectivity index (χ2n) is 4.06. The number of hydrogen-bond donors (Lipinski definition) is 2. The zero-order valence-electron chi connectivity index (χ0n) is 10.3. The number of nitrogens with zero attached hydrogens (tertiary/aromatic N) is 1. The van der Waals surface area contributed by atoms with Crippen LogP contribution >= 0.6 is 28.1 Å². The van der Waals surface area contributed by atoms with E-state index in [0.717, 1.165) is 34.4 Å². The third-order valence-corrected chi connectivity index (χ3v) is 3.57. The Hall–Kier alpha value is -1.46. The summed E-state index contributed by atoms with van der Waals surface area (Å²) in [7, 11) is 0. The minimum Gasteiger partial charge on any atom is -0.389 e. The molecule has 1 aromatic carbocycles. The minimum absolute atomic E-state index is 0.403. The first kappa shape index (κ1) is 14.0. The molecule has 0 unspecified atom stereocenters. The lowest BCUT2D eigenvalue weighted by atomic mass is 10.2. The van der Waals surface area contributed by atoms with Gasteiger partial charge in [-0.15, -0.1) is 0 Å². The number of anilines is 1. The van der Waals surface area contributed by atoms with Crippen LogP contribution in [0.1, 0.15) is 11.3 Å². The molecule has 0 spiro atoms. The van der Waals surface area contributed by atoms with Gasteiger partial charge in [0.2, 0.25) is 0 Å². The molecule has 0 bridgehead atoms. The van der Waals surface area contributed by atoms with E-state index in [0.29, 0.717) is 4.99 Å². The number of thiocarbonyl (C=S) groups is 1. The topological polar surface area (TPSA) is 50.9 Å². The molecule has 0 saturated heterocycles. The fourth-order valence-electron chi connectivity index (χ4n) is 1.68. The van der Waals surface area contributed by atoms with Crippen molar-refractivity contribution in [2.75, 3.05) is 11.9 Å². The van der Waals surface area contributed by atoms with Crippen molar-refractivity contribution in [3.05, 3.63) is 58.3 Å². The van der Waals surface area contributed by atoms with Gasteiger partial charge < -0.3 is 11.1 Å². The van der Waals surface area contributed by atoms with E-state index in [4.69, 9.17) is 18.0 Å². The standard InChI is InChI=1S/C14H14BrN3S/c15-12-9-10(14(16)19)4-5-13(12)18-8-6-11-3-1-2-7-17-11/h1-5,7,9,18H,6,8H2,(H2,16,19). The smallest absolute Gasteiger partial charge is 0.104 e. The van der Waals surface area contributed by atoms with Crippen molar-refractivity contribution in [1.29, 1.82) is 0 Å². The van der Waals surface area contributed by atoms with Crippen LogP contribution in [0.5, 0.6) is 0 Å². The Bertz CT molecular complexity index is 572. The Morgan fingerprint density at radius 3 is 2.79 bits per heavy atom. The van der Waals surface area contributed by atoms with E-state index < -0.39 is 0 Å². The molecule has 0 radical (unpaired) electrons. The van der Waals surface area contributed by atoms with Crippen molar-refractivity contribution >= 4 is 38.8 Å². The van der Waals surface area contributed by atoms with Gasteiger partial charge in [0.15, 0.2) is 0 Å². The molecule has 98 valence electrons. The predicted molar refractivity (Wildman–Crippen MR) is 86.5 cm³/mol.